The summed E-state index contributed by atoms with van der Waals surface area (Å²) < 4.78 is 26.1. The predicted octanol–water partition coefficient (Wildman–Crippen LogP) is 0.0854. The Hall–Kier alpha value is -1.78. The number of carboxylic acid groups (broad SMARTS) is 1. The highest BCUT2D eigenvalue weighted by atomic mass is 32.2. The molecule has 2 rings (SSSR count). The average Bonchev–Trinajstić information content (AvgIpc) is 2.99. The molecule has 0 aliphatic heterocycles. The maximum Gasteiger partial charge on any atom is 0.336 e. The van der Waals surface area contributed by atoms with Crippen molar-refractivity contribution < 1.29 is 18.3 Å². The summed E-state index contributed by atoms with van der Waals surface area (Å²) in [6.45, 7) is 0.151. The van der Waals surface area contributed by atoms with E-state index in [2.05, 4.69) is 19.9 Å². The second-order valence-electron chi connectivity index (χ2n) is 3.54. The van der Waals surface area contributed by atoms with E-state index in [4.69, 9.17) is 5.11 Å². The molecule has 0 aliphatic rings. The molecule has 0 fully saturated rings. The van der Waals surface area contributed by atoms with Crippen molar-refractivity contribution in [2.24, 2.45) is 0 Å². The van der Waals surface area contributed by atoms with Gasteiger partial charge >= 0.3 is 5.97 Å². The second kappa shape index (κ2) is 5.47. The third kappa shape index (κ3) is 3.36. The number of hydrogen-bond acceptors (Lipinski definition) is 6. The molecule has 2 aromatic heterocycles. The van der Waals surface area contributed by atoms with Gasteiger partial charge in [-0.2, -0.15) is 5.10 Å². The summed E-state index contributed by atoms with van der Waals surface area (Å²) in [4.78, 5) is 14.5. The fraction of sp³-hybridized carbons (Fsp3) is 0.222. The number of H-pyrrole nitrogens is 1. The maximum absolute atomic E-state index is 11.9. The topological polar surface area (TPSA) is 125 Å². The van der Waals surface area contributed by atoms with E-state index in [1.165, 1.54) is 11.7 Å². The molecule has 19 heavy (non-hydrogen) atoms. The highest BCUT2D eigenvalue weighted by molar-refractivity contribution is 7.91. The van der Waals surface area contributed by atoms with Crippen LogP contribution in [0.25, 0.3) is 0 Å². The lowest BCUT2D eigenvalue weighted by atomic mass is 10.4. The van der Waals surface area contributed by atoms with Crippen molar-refractivity contribution in [2.45, 2.75) is 10.6 Å². The lowest BCUT2D eigenvalue weighted by Crippen LogP contribution is -2.25. The van der Waals surface area contributed by atoms with Gasteiger partial charge in [0.25, 0.3) is 0 Å². The van der Waals surface area contributed by atoms with Crippen molar-refractivity contribution in [3.8, 4) is 0 Å². The van der Waals surface area contributed by atoms with Gasteiger partial charge in [-0.3, -0.25) is 5.10 Å². The van der Waals surface area contributed by atoms with Crippen molar-refractivity contribution in [1.29, 1.82) is 0 Å². The molecule has 0 radical (unpaired) electrons. The van der Waals surface area contributed by atoms with Gasteiger partial charge in [-0.25, -0.2) is 22.9 Å². The van der Waals surface area contributed by atoms with Gasteiger partial charge in [0, 0.05) is 18.3 Å². The minimum absolute atomic E-state index is 0.0255. The van der Waals surface area contributed by atoms with Gasteiger partial charge in [0.1, 0.15) is 16.4 Å². The Balaban J connectivity index is 1.99. The van der Waals surface area contributed by atoms with Crippen LogP contribution in [0.2, 0.25) is 0 Å². The smallest absolute Gasteiger partial charge is 0.336 e. The Morgan fingerprint density at radius 1 is 1.53 bits per heavy atom. The van der Waals surface area contributed by atoms with E-state index in [1.54, 1.807) is 0 Å². The number of aromatic amines is 1. The Bertz CT molecular complexity index is 662. The minimum atomic E-state index is -3.68. The van der Waals surface area contributed by atoms with Gasteiger partial charge in [0.05, 0.1) is 5.56 Å². The zero-order chi connectivity index (χ0) is 13.9. The van der Waals surface area contributed by atoms with E-state index in [0.717, 1.165) is 17.4 Å². The van der Waals surface area contributed by atoms with Crippen LogP contribution in [0.1, 0.15) is 16.2 Å². The number of sulfonamides is 1. The van der Waals surface area contributed by atoms with Gasteiger partial charge in [0.2, 0.25) is 10.0 Å². The summed E-state index contributed by atoms with van der Waals surface area (Å²) in [5, 5.41) is 16.3. The lowest BCUT2D eigenvalue weighted by Gasteiger charge is -2.02. The van der Waals surface area contributed by atoms with Crippen LogP contribution in [0.5, 0.6) is 0 Å². The molecule has 8 nitrogen and oxygen atoms in total. The normalized spacial score (nSPS) is 11.6. The van der Waals surface area contributed by atoms with Crippen molar-refractivity contribution in [3.63, 3.8) is 0 Å². The molecule has 0 unspecified atom stereocenters. The third-order valence-corrected chi connectivity index (χ3v) is 5.11. The van der Waals surface area contributed by atoms with Crippen LogP contribution in [-0.2, 0) is 16.4 Å². The van der Waals surface area contributed by atoms with E-state index in [9.17, 15) is 13.2 Å². The zero-order valence-electron chi connectivity index (χ0n) is 9.53. The number of hydrogen-bond donors (Lipinski definition) is 3. The number of carboxylic acids is 1. The third-order valence-electron chi connectivity index (χ3n) is 2.21. The summed E-state index contributed by atoms with van der Waals surface area (Å²) in [7, 11) is -3.68. The number of aromatic carboxylic acids is 1. The first kappa shape index (κ1) is 13.6. The number of thiophene rings is 1. The van der Waals surface area contributed by atoms with E-state index in [1.807, 2.05) is 0 Å². The van der Waals surface area contributed by atoms with Crippen LogP contribution in [0.3, 0.4) is 0 Å². The molecule has 3 N–H and O–H groups in total. The summed E-state index contributed by atoms with van der Waals surface area (Å²) in [6.07, 6.45) is 1.71. The quantitative estimate of drug-likeness (QED) is 0.694. The number of nitrogens with one attached hydrogen (secondary N) is 2. The average molecular weight is 302 g/mol. The predicted molar refractivity (Wildman–Crippen MR) is 66.6 cm³/mol. The molecule has 0 spiro atoms. The van der Waals surface area contributed by atoms with Gasteiger partial charge in [-0.15, -0.1) is 11.3 Å². The van der Waals surface area contributed by atoms with Gasteiger partial charge in [-0.05, 0) is 6.07 Å². The van der Waals surface area contributed by atoms with Crippen LogP contribution in [0, 0.1) is 0 Å². The van der Waals surface area contributed by atoms with Crippen LogP contribution in [0.4, 0.5) is 0 Å². The molecule has 10 heteroatoms. The van der Waals surface area contributed by atoms with Crippen molar-refractivity contribution in [3.05, 3.63) is 29.2 Å². The second-order valence-corrected chi connectivity index (χ2v) is 6.44. The molecule has 0 saturated heterocycles. The van der Waals surface area contributed by atoms with Crippen molar-refractivity contribution in [1.82, 2.24) is 19.9 Å². The Morgan fingerprint density at radius 2 is 2.32 bits per heavy atom. The van der Waals surface area contributed by atoms with Crippen molar-refractivity contribution >= 4 is 27.3 Å². The molecule has 2 aromatic rings. The van der Waals surface area contributed by atoms with Crippen LogP contribution in [0.15, 0.2) is 22.0 Å². The molecule has 0 saturated carbocycles. The molecule has 102 valence electrons. The summed E-state index contributed by atoms with van der Waals surface area (Å²) in [6, 6.07) is 1.13. The number of aromatic nitrogens is 3. The first-order chi connectivity index (χ1) is 8.99. The van der Waals surface area contributed by atoms with Gasteiger partial charge < -0.3 is 5.11 Å². The number of carbonyl (C=O) groups is 1. The van der Waals surface area contributed by atoms with E-state index in [-0.39, 0.29) is 16.3 Å². The van der Waals surface area contributed by atoms with Gasteiger partial charge in [0.15, 0.2) is 0 Å². The summed E-state index contributed by atoms with van der Waals surface area (Å²) in [5.74, 6) is -0.584. The van der Waals surface area contributed by atoms with Crippen LogP contribution < -0.4 is 4.72 Å². The fourth-order valence-corrected chi connectivity index (χ4v) is 3.53. The molecule has 0 aromatic carbocycles. The SMILES string of the molecule is O=C(O)c1csc(S(=O)(=O)NCCc2ncn[nH]2)c1. The summed E-state index contributed by atoms with van der Waals surface area (Å²) >= 11 is 0.866. The molecular formula is C9H10N4O4S2. The van der Waals surface area contributed by atoms with Gasteiger partial charge in [-0.1, -0.05) is 0 Å². The Kier molecular flexibility index (Phi) is 3.93. The number of rotatable bonds is 6. The molecule has 0 atom stereocenters. The zero-order valence-corrected chi connectivity index (χ0v) is 11.2. The van der Waals surface area contributed by atoms with Crippen molar-refractivity contribution in [2.75, 3.05) is 6.54 Å². The largest absolute Gasteiger partial charge is 0.478 e. The standard InChI is InChI=1S/C9H10N4O4S2/c14-9(15)6-3-8(18-4-6)19(16,17)12-2-1-7-10-5-11-13-7/h3-5,12H,1-2H2,(H,14,15)(H,10,11,13). The summed E-state index contributed by atoms with van der Waals surface area (Å²) in [5.41, 5.74) is -0.0411. The van der Waals surface area contributed by atoms with E-state index < -0.39 is 16.0 Å². The fourth-order valence-electron chi connectivity index (χ4n) is 1.30. The monoisotopic (exact) mass is 302 g/mol. The van der Waals surface area contributed by atoms with Crippen LogP contribution >= 0.6 is 11.3 Å². The number of nitrogens with zero attached hydrogens (tertiary/aromatic N) is 2. The molecular weight excluding hydrogens is 292 g/mol. The van der Waals surface area contributed by atoms with E-state index in [0.29, 0.717) is 12.2 Å². The first-order valence-electron chi connectivity index (χ1n) is 5.15. The maximum atomic E-state index is 11.9. The molecule has 0 amide bonds. The Labute approximate surface area is 112 Å². The minimum Gasteiger partial charge on any atom is -0.478 e. The first-order valence-corrected chi connectivity index (χ1v) is 7.51. The van der Waals surface area contributed by atoms with E-state index >= 15 is 0 Å². The lowest BCUT2D eigenvalue weighted by molar-refractivity contribution is 0.0697. The highest BCUT2D eigenvalue weighted by Crippen LogP contribution is 2.19. The molecule has 0 aliphatic carbocycles. The molecule has 0 bridgehead atoms. The Morgan fingerprint density at radius 3 is 2.89 bits per heavy atom. The molecule has 2 heterocycles. The highest BCUT2D eigenvalue weighted by Gasteiger charge is 2.18. The van der Waals surface area contributed by atoms with Crippen LogP contribution in [-0.4, -0.2) is 41.2 Å².